The third kappa shape index (κ3) is 3.19. The zero-order chi connectivity index (χ0) is 13.7. The van der Waals surface area contributed by atoms with Gasteiger partial charge < -0.3 is 15.8 Å². The summed E-state index contributed by atoms with van der Waals surface area (Å²) in [6, 6.07) is 9.26. The molecule has 0 aromatic carbocycles. The van der Waals surface area contributed by atoms with E-state index in [0.29, 0.717) is 12.2 Å². The average molecular weight is 257 g/mol. The average Bonchev–Trinajstić information content (AvgIpc) is 2.47. The van der Waals surface area contributed by atoms with Gasteiger partial charge >= 0.3 is 0 Å². The fourth-order valence-corrected chi connectivity index (χ4v) is 1.68. The molecule has 0 atom stereocenters. The van der Waals surface area contributed by atoms with Crippen LogP contribution in [0.25, 0.3) is 0 Å². The lowest BCUT2D eigenvalue weighted by molar-refractivity contribution is 0.318. The van der Waals surface area contributed by atoms with E-state index in [0.717, 1.165) is 11.4 Å². The third-order valence-electron chi connectivity index (χ3n) is 2.64. The van der Waals surface area contributed by atoms with Crippen LogP contribution < -0.4 is 10.6 Å². The summed E-state index contributed by atoms with van der Waals surface area (Å²) in [6.45, 7) is 0.681. The summed E-state index contributed by atoms with van der Waals surface area (Å²) in [4.78, 5) is 10.4. The number of nitrogens with zero attached hydrogens (tertiary/aromatic N) is 4. The molecule has 0 radical (unpaired) electrons. The van der Waals surface area contributed by atoms with Crippen LogP contribution in [0.2, 0.25) is 0 Å². The number of hydrogen-bond donors (Lipinski definition) is 2. The predicted octanol–water partition coefficient (Wildman–Crippen LogP) is 1.21. The Labute approximate surface area is 111 Å². The van der Waals surface area contributed by atoms with E-state index in [2.05, 4.69) is 15.1 Å². The summed E-state index contributed by atoms with van der Waals surface area (Å²) in [5, 5.41) is 11.6. The molecule has 2 aromatic heterocycles. The Bertz CT molecular complexity index is 570. The molecule has 2 heterocycles. The molecule has 0 bridgehead atoms. The first-order chi connectivity index (χ1) is 9.20. The van der Waals surface area contributed by atoms with E-state index in [-0.39, 0.29) is 5.84 Å². The van der Waals surface area contributed by atoms with Gasteiger partial charge in [-0.2, -0.15) is 0 Å². The van der Waals surface area contributed by atoms with Crippen molar-refractivity contribution < 1.29 is 5.21 Å². The van der Waals surface area contributed by atoms with Crippen molar-refractivity contribution in [3.05, 3.63) is 54.0 Å². The van der Waals surface area contributed by atoms with Crippen molar-refractivity contribution in [1.29, 1.82) is 0 Å². The van der Waals surface area contributed by atoms with Gasteiger partial charge in [0.2, 0.25) is 0 Å². The van der Waals surface area contributed by atoms with Gasteiger partial charge in [-0.3, -0.25) is 4.98 Å². The molecule has 3 N–H and O–H groups in total. The van der Waals surface area contributed by atoms with Crippen molar-refractivity contribution in [3.8, 4) is 0 Å². The monoisotopic (exact) mass is 257 g/mol. The Morgan fingerprint density at radius 2 is 2.21 bits per heavy atom. The van der Waals surface area contributed by atoms with E-state index in [1.807, 2.05) is 42.4 Å². The van der Waals surface area contributed by atoms with E-state index < -0.39 is 0 Å². The lowest BCUT2D eigenvalue weighted by atomic mass is 10.2. The fraction of sp³-hybridized carbons (Fsp3) is 0.154. The van der Waals surface area contributed by atoms with E-state index in [4.69, 9.17) is 10.9 Å². The molecule has 0 spiro atoms. The van der Waals surface area contributed by atoms with Crippen molar-refractivity contribution in [1.82, 2.24) is 9.97 Å². The molecular formula is C13H15N5O. The van der Waals surface area contributed by atoms with Gasteiger partial charge in [0.1, 0.15) is 11.5 Å². The molecule has 0 aliphatic heterocycles. The van der Waals surface area contributed by atoms with Crippen LogP contribution in [-0.2, 0) is 6.54 Å². The van der Waals surface area contributed by atoms with E-state index >= 15 is 0 Å². The number of rotatable bonds is 4. The molecule has 0 fully saturated rings. The van der Waals surface area contributed by atoms with Crippen LogP contribution in [0.1, 0.15) is 11.3 Å². The summed E-state index contributed by atoms with van der Waals surface area (Å²) < 4.78 is 0. The second kappa shape index (κ2) is 5.81. The molecule has 2 rings (SSSR count). The van der Waals surface area contributed by atoms with Gasteiger partial charge in [-0.15, -0.1) is 0 Å². The molecule has 0 aliphatic carbocycles. The van der Waals surface area contributed by atoms with Gasteiger partial charge in [0, 0.05) is 26.0 Å². The first-order valence-electron chi connectivity index (χ1n) is 5.75. The molecule has 98 valence electrons. The van der Waals surface area contributed by atoms with Crippen LogP contribution >= 0.6 is 0 Å². The maximum atomic E-state index is 8.65. The number of oxime groups is 1. The van der Waals surface area contributed by atoms with Crippen molar-refractivity contribution in [3.63, 3.8) is 0 Å². The zero-order valence-corrected chi connectivity index (χ0v) is 10.6. The lowest BCUT2D eigenvalue weighted by Gasteiger charge is -2.18. The van der Waals surface area contributed by atoms with Gasteiger partial charge in [-0.1, -0.05) is 17.3 Å². The van der Waals surface area contributed by atoms with E-state index in [1.54, 1.807) is 12.3 Å². The lowest BCUT2D eigenvalue weighted by Crippen LogP contribution is -2.20. The standard InChI is InChI=1S/C13H15N5O/c1-18(9-10-4-3-7-15-8-10)12-6-2-5-11(16-12)13(14)17-19/h2-8,19H,9H2,1H3,(H2,14,17). The summed E-state index contributed by atoms with van der Waals surface area (Å²) in [6.07, 6.45) is 3.55. The van der Waals surface area contributed by atoms with Crippen LogP contribution in [-0.4, -0.2) is 28.1 Å². The molecule has 19 heavy (non-hydrogen) atoms. The molecule has 0 aliphatic rings. The first kappa shape index (κ1) is 12.8. The molecular weight excluding hydrogens is 242 g/mol. The van der Waals surface area contributed by atoms with Gasteiger partial charge in [0.25, 0.3) is 0 Å². The topological polar surface area (TPSA) is 87.6 Å². The van der Waals surface area contributed by atoms with Crippen LogP contribution in [0.4, 0.5) is 5.82 Å². The van der Waals surface area contributed by atoms with E-state index in [9.17, 15) is 0 Å². The number of amidine groups is 1. The first-order valence-corrected chi connectivity index (χ1v) is 5.75. The second-order valence-corrected chi connectivity index (χ2v) is 4.08. The normalized spacial score (nSPS) is 11.3. The number of nitrogens with two attached hydrogens (primary N) is 1. The summed E-state index contributed by atoms with van der Waals surface area (Å²) in [5.74, 6) is 0.740. The smallest absolute Gasteiger partial charge is 0.188 e. The number of aromatic nitrogens is 2. The SMILES string of the molecule is CN(Cc1cccnc1)c1cccc(C(N)=NO)n1. The maximum Gasteiger partial charge on any atom is 0.188 e. The minimum atomic E-state index is -0.00312. The minimum Gasteiger partial charge on any atom is -0.409 e. The Morgan fingerprint density at radius 1 is 1.37 bits per heavy atom. The van der Waals surface area contributed by atoms with Crippen LogP contribution in [0.15, 0.2) is 47.9 Å². The highest BCUT2D eigenvalue weighted by atomic mass is 16.4. The van der Waals surface area contributed by atoms with Gasteiger partial charge in [-0.05, 0) is 23.8 Å². The number of pyridine rings is 2. The second-order valence-electron chi connectivity index (χ2n) is 4.08. The molecule has 0 saturated carbocycles. The molecule has 0 unspecified atom stereocenters. The molecule has 6 heteroatoms. The number of anilines is 1. The van der Waals surface area contributed by atoms with Gasteiger partial charge in [0.05, 0.1) is 0 Å². The van der Waals surface area contributed by atoms with Crippen molar-refractivity contribution >= 4 is 11.7 Å². The molecule has 0 amide bonds. The van der Waals surface area contributed by atoms with Gasteiger partial charge in [0.15, 0.2) is 5.84 Å². The minimum absolute atomic E-state index is 0.00312. The van der Waals surface area contributed by atoms with E-state index in [1.165, 1.54) is 0 Å². The quantitative estimate of drug-likeness (QED) is 0.372. The molecule has 2 aromatic rings. The maximum absolute atomic E-state index is 8.65. The summed E-state index contributed by atoms with van der Waals surface area (Å²) >= 11 is 0. The summed E-state index contributed by atoms with van der Waals surface area (Å²) in [7, 11) is 1.92. The summed E-state index contributed by atoms with van der Waals surface area (Å²) in [5.41, 5.74) is 7.05. The van der Waals surface area contributed by atoms with Crippen molar-refractivity contribution in [2.24, 2.45) is 10.9 Å². The Kier molecular flexibility index (Phi) is 3.92. The molecule has 0 saturated heterocycles. The fourth-order valence-electron chi connectivity index (χ4n) is 1.68. The predicted molar refractivity (Wildman–Crippen MR) is 73.1 cm³/mol. The Balaban J connectivity index is 2.17. The highest BCUT2D eigenvalue weighted by molar-refractivity contribution is 5.95. The van der Waals surface area contributed by atoms with Crippen molar-refractivity contribution in [2.75, 3.05) is 11.9 Å². The Morgan fingerprint density at radius 3 is 2.89 bits per heavy atom. The van der Waals surface area contributed by atoms with Crippen LogP contribution in [0.5, 0.6) is 0 Å². The molecule has 6 nitrogen and oxygen atoms in total. The zero-order valence-electron chi connectivity index (χ0n) is 10.6. The highest BCUT2D eigenvalue weighted by Gasteiger charge is 2.07. The van der Waals surface area contributed by atoms with Crippen molar-refractivity contribution in [2.45, 2.75) is 6.54 Å². The highest BCUT2D eigenvalue weighted by Crippen LogP contribution is 2.12. The largest absolute Gasteiger partial charge is 0.409 e. The third-order valence-corrected chi connectivity index (χ3v) is 2.64. The van der Waals surface area contributed by atoms with Crippen LogP contribution in [0.3, 0.4) is 0 Å². The number of hydrogen-bond acceptors (Lipinski definition) is 5. The van der Waals surface area contributed by atoms with Gasteiger partial charge in [-0.25, -0.2) is 4.98 Å². The van der Waals surface area contributed by atoms with Crippen LogP contribution in [0, 0.1) is 0 Å². The Hall–Kier alpha value is -2.63.